The maximum Gasteiger partial charge on any atom is 0.261 e. The number of oxime groups is 2. The van der Waals surface area contributed by atoms with E-state index < -0.39 is 20.2 Å². The summed E-state index contributed by atoms with van der Waals surface area (Å²) in [6.45, 7) is 3.07. The summed E-state index contributed by atoms with van der Waals surface area (Å²) < 4.78 is 51.7. The van der Waals surface area contributed by atoms with E-state index >= 15 is 0 Å². The van der Waals surface area contributed by atoms with Crippen molar-refractivity contribution in [3.8, 4) is 0 Å². The Bertz CT molecular complexity index is 414. The minimum atomic E-state index is -3.67. The van der Waals surface area contributed by atoms with Gasteiger partial charge >= 0.3 is 0 Å². The highest BCUT2D eigenvalue weighted by atomic mass is 32.2. The van der Waals surface area contributed by atoms with E-state index in [1.807, 2.05) is 0 Å². The first kappa shape index (κ1) is 22.0. The number of hydrogen-bond donors (Lipinski definition) is 4. The molecule has 0 rings (SSSR count). The van der Waals surface area contributed by atoms with Crippen LogP contribution in [0.1, 0.15) is 13.8 Å². The molecule has 12 heteroatoms. The summed E-state index contributed by atoms with van der Waals surface area (Å²) >= 11 is 0. The highest BCUT2D eigenvalue weighted by molar-refractivity contribution is 7.85. The van der Waals surface area contributed by atoms with Crippen LogP contribution < -0.4 is 0 Å². The van der Waals surface area contributed by atoms with Gasteiger partial charge in [-0.2, -0.15) is 16.8 Å². The van der Waals surface area contributed by atoms with Crippen LogP contribution in [-0.4, -0.2) is 60.3 Å². The molecular weight excluding hydrogens is 292 g/mol. The zero-order chi connectivity index (χ0) is 15.6. The maximum atomic E-state index is 9.19. The van der Waals surface area contributed by atoms with E-state index in [0.717, 1.165) is 0 Å². The third-order valence-corrected chi connectivity index (χ3v) is 0.824. The summed E-state index contributed by atoms with van der Waals surface area (Å²) in [4.78, 5) is 0. The van der Waals surface area contributed by atoms with Crippen LogP contribution in [0.3, 0.4) is 0 Å². The molecule has 0 aromatic rings. The van der Waals surface area contributed by atoms with Crippen molar-refractivity contribution in [1.29, 1.82) is 0 Å². The van der Waals surface area contributed by atoms with Crippen molar-refractivity contribution in [1.82, 2.24) is 0 Å². The Kier molecular flexibility index (Phi) is 11.9. The normalized spacial score (nSPS) is 12.8. The van der Waals surface area contributed by atoms with Crippen LogP contribution in [-0.2, 0) is 20.2 Å². The van der Waals surface area contributed by atoms with Gasteiger partial charge in [-0.05, 0) is 13.8 Å². The molecule has 0 radical (unpaired) electrons. The first-order valence-corrected chi connectivity index (χ1v) is 7.64. The Morgan fingerprint density at radius 3 is 0.944 bits per heavy atom. The highest BCUT2D eigenvalue weighted by Crippen LogP contribution is 1.79. The minimum Gasteiger partial charge on any atom is -0.411 e. The largest absolute Gasteiger partial charge is 0.411 e. The second-order valence-electron chi connectivity index (χ2n) is 2.84. The first-order chi connectivity index (χ1) is 7.72. The quantitative estimate of drug-likeness (QED) is 0.221. The molecule has 0 heterocycles. The van der Waals surface area contributed by atoms with Crippen molar-refractivity contribution in [3.05, 3.63) is 0 Å². The van der Waals surface area contributed by atoms with E-state index in [-0.39, 0.29) is 0 Å². The van der Waals surface area contributed by atoms with Crippen LogP contribution in [0.4, 0.5) is 0 Å². The number of hydrogen-bond acceptors (Lipinski definition) is 8. The minimum absolute atomic E-state index is 0.313. The van der Waals surface area contributed by atoms with Crippen molar-refractivity contribution in [2.24, 2.45) is 10.3 Å². The van der Waals surface area contributed by atoms with Crippen molar-refractivity contribution in [2.75, 3.05) is 12.5 Å². The molecule has 10 nitrogen and oxygen atoms in total. The van der Waals surface area contributed by atoms with Gasteiger partial charge in [0.2, 0.25) is 0 Å². The van der Waals surface area contributed by atoms with Crippen molar-refractivity contribution >= 4 is 31.7 Å². The molecular formula is C6H16N2O8S2. The van der Waals surface area contributed by atoms with E-state index in [2.05, 4.69) is 10.3 Å². The van der Waals surface area contributed by atoms with Gasteiger partial charge in [0.25, 0.3) is 20.2 Å². The van der Waals surface area contributed by atoms with E-state index in [4.69, 9.17) is 19.5 Å². The predicted molar refractivity (Wildman–Crippen MR) is 64.7 cm³/mol. The monoisotopic (exact) mass is 308 g/mol. The van der Waals surface area contributed by atoms with Crippen molar-refractivity contribution in [2.45, 2.75) is 13.8 Å². The molecule has 0 unspecified atom stereocenters. The van der Waals surface area contributed by atoms with Gasteiger partial charge in [0.05, 0.1) is 12.5 Å². The fraction of sp³-hybridized carbons (Fsp3) is 0.667. The van der Waals surface area contributed by atoms with Gasteiger partial charge < -0.3 is 10.4 Å². The molecule has 0 aliphatic carbocycles. The molecule has 0 aromatic heterocycles. The van der Waals surface area contributed by atoms with Crippen molar-refractivity contribution in [3.63, 3.8) is 0 Å². The number of nitrogens with zero attached hydrogens (tertiary/aromatic N) is 2. The lowest BCUT2D eigenvalue weighted by atomic mass is 10.3. The van der Waals surface area contributed by atoms with Gasteiger partial charge in [0.15, 0.2) is 0 Å². The first-order valence-electron chi connectivity index (χ1n) is 3.95. The smallest absolute Gasteiger partial charge is 0.261 e. The summed E-state index contributed by atoms with van der Waals surface area (Å²) in [5.74, 6) is 0. The van der Waals surface area contributed by atoms with Crippen LogP contribution in [0.2, 0.25) is 0 Å². The van der Waals surface area contributed by atoms with E-state index in [1.165, 1.54) is 13.8 Å². The topological polar surface area (TPSA) is 174 Å². The summed E-state index contributed by atoms with van der Waals surface area (Å²) in [6.07, 6.45) is 1.43. The van der Waals surface area contributed by atoms with Gasteiger partial charge in [0, 0.05) is 0 Å². The molecule has 0 aliphatic heterocycles. The second kappa shape index (κ2) is 9.76. The fourth-order valence-corrected chi connectivity index (χ4v) is 0.145. The zero-order valence-corrected chi connectivity index (χ0v) is 11.8. The molecule has 0 bridgehead atoms. The molecule has 18 heavy (non-hydrogen) atoms. The summed E-state index contributed by atoms with van der Waals surface area (Å²) in [5.41, 5.74) is 0.625. The summed E-state index contributed by atoms with van der Waals surface area (Å²) in [6, 6.07) is 0. The summed E-state index contributed by atoms with van der Waals surface area (Å²) in [7, 11) is -7.33. The van der Waals surface area contributed by atoms with Crippen LogP contribution in [0, 0.1) is 0 Å². The molecule has 0 aromatic carbocycles. The Hall–Kier alpha value is -1.24. The average molecular weight is 308 g/mol. The van der Waals surface area contributed by atoms with Crippen molar-refractivity contribution < 1.29 is 36.4 Å². The molecule has 110 valence electrons. The Balaban J connectivity index is -0.000000197. The summed E-state index contributed by atoms with van der Waals surface area (Å²) in [5, 5.41) is 21.6. The van der Waals surface area contributed by atoms with E-state index in [9.17, 15) is 16.8 Å². The third-order valence-electron chi connectivity index (χ3n) is 0.824. The Morgan fingerprint density at radius 1 is 0.778 bits per heavy atom. The van der Waals surface area contributed by atoms with Gasteiger partial charge in [-0.25, -0.2) is 0 Å². The van der Waals surface area contributed by atoms with Gasteiger partial charge in [-0.3, -0.25) is 9.11 Å². The molecule has 0 aliphatic rings. The predicted octanol–water partition coefficient (Wildman–Crippen LogP) is -0.305. The molecule has 0 fully saturated rings. The lowest BCUT2D eigenvalue weighted by Crippen LogP contribution is -2.04. The highest BCUT2D eigenvalue weighted by Gasteiger charge is 1.93. The molecule has 0 saturated carbocycles. The lowest BCUT2D eigenvalue weighted by molar-refractivity contribution is 0.313. The molecule has 0 amide bonds. The standard InChI is InChI=1S/C4H8N2O2.2CH4O3S/c1-3(5-7)4(2)6-8;2*1-5(2,3)4/h7-8H,1-2H3;2*1H3,(H,2,3,4). The Labute approximate surface area is 105 Å². The molecule has 0 atom stereocenters. The lowest BCUT2D eigenvalue weighted by Gasteiger charge is -1.88. The number of rotatable bonds is 1. The van der Waals surface area contributed by atoms with Gasteiger partial charge in [-0.1, -0.05) is 10.3 Å². The maximum absolute atomic E-state index is 9.19. The van der Waals surface area contributed by atoms with Gasteiger partial charge in [-0.15, -0.1) is 0 Å². The second-order valence-corrected chi connectivity index (χ2v) is 5.77. The zero-order valence-electron chi connectivity index (χ0n) is 10.1. The van der Waals surface area contributed by atoms with Crippen LogP contribution >= 0.6 is 0 Å². The SMILES string of the molecule is CC(=NO)C(C)=NO.CS(=O)(=O)O.CS(=O)(=O)O. The van der Waals surface area contributed by atoms with Crippen LogP contribution in [0.15, 0.2) is 10.3 Å². The van der Waals surface area contributed by atoms with Crippen LogP contribution in [0.25, 0.3) is 0 Å². The molecule has 0 saturated heterocycles. The Morgan fingerprint density at radius 2 is 0.889 bits per heavy atom. The van der Waals surface area contributed by atoms with E-state index in [0.29, 0.717) is 23.9 Å². The fourth-order valence-electron chi connectivity index (χ4n) is 0.145. The average Bonchev–Trinajstić information content (AvgIpc) is 2.10. The molecule has 4 N–H and O–H groups in total. The molecule has 0 spiro atoms. The van der Waals surface area contributed by atoms with E-state index in [1.54, 1.807) is 0 Å². The third kappa shape index (κ3) is 61.2. The van der Waals surface area contributed by atoms with Gasteiger partial charge in [0.1, 0.15) is 11.4 Å². The van der Waals surface area contributed by atoms with Crippen LogP contribution in [0.5, 0.6) is 0 Å².